The van der Waals surface area contributed by atoms with E-state index >= 15 is 0 Å². The van der Waals surface area contributed by atoms with E-state index in [0.717, 1.165) is 5.56 Å². The number of carbonyl (C=O) groups is 4. The molecule has 0 aliphatic heterocycles. The summed E-state index contributed by atoms with van der Waals surface area (Å²) < 4.78 is 5.40. The quantitative estimate of drug-likeness (QED) is 0.241. The van der Waals surface area contributed by atoms with Crippen LogP contribution in [0.4, 0.5) is 0 Å². The maximum absolute atomic E-state index is 13.2. The Hall–Kier alpha value is -4.26. The number of thioether (sulfide) groups is 1. The predicted molar refractivity (Wildman–Crippen MR) is 153 cm³/mol. The molecule has 0 spiro atoms. The number of benzene rings is 2. The van der Waals surface area contributed by atoms with E-state index in [0.29, 0.717) is 28.5 Å². The number of hydrogen-bond donors (Lipinski definition) is 3. The first-order valence-electron chi connectivity index (χ1n) is 12.9. The van der Waals surface area contributed by atoms with Gasteiger partial charge in [0.15, 0.2) is 5.78 Å². The van der Waals surface area contributed by atoms with Gasteiger partial charge in [0.25, 0.3) is 0 Å². The van der Waals surface area contributed by atoms with Crippen LogP contribution in [-0.4, -0.2) is 73.8 Å². The molecule has 218 valence electrons. The highest BCUT2D eigenvalue weighted by molar-refractivity contribution is 7.99. The number of aromatic nitrogens is 4. The monoisotopic (exact) mass is 582 g/mol. The summed E-state index contributed by atoms with van der Waals surface area (Å²) in [7, 11) is 3.13. The van der Waals surface area contributed by atoms with Crippen LogP contribution in [0.5, 0.6) is 5.75 Å². The average molecular weight is 583 g/mol. The fourth-order valence-electron chi connectivity index (χ4n) is 4.01. The molecule has 0 aliphatic carbocycles. The first kappa shape index (κ1) is 31.3. The largest absolute Gasteiger partial charge is 0.496 e. The number of Topliss-reactive ketones (excluding diaryl/α,β-unsaturated/α-hetero) is 1. The molecule has 1 aromatic heterocycles. The van der Waals surface area contributed by atoms with Crippen molar-refractivity contribution in [3.05, 3.63) is 59.7 Å². The number of hydrogen-bond acceptors (Lipinski definition) is 9. The number of aryl methyl sites for hydroxylation is 1. The number of methoxy groups -OCH3 is 1. The normalized spacial score (nSPS) is 12.4. The van der Waals surface area contributed by atoms with Crippen LogP contribution < -0.4 is 15.4 Å². The van der Waals surface area contributed by atoms with E-state index in [1.54, 1.807) is 39.1 Å². The molecule has 0 radical (unpaired) electrons. The second-order valence-electron chi connectivity index (χ2n) is 9.70. The van der Waals surface area contributed by atoms with Gasteiger partial charge in [0.2, 0.25) is 17.6 Å². The van der Waals surface area contributed by atoms with E-state index in [-0.39, 0.29) is 18.1 Å². The number of rotatable bonds is 15. The fraction of sp³-hybridized carbons (Fsp3) is 0.393. The first-order chi connectivity index (χ1) is 19.6. The molecule has 3 aromatic rings. The number of ether oxygens (including phenoxy) is 1. The van der Waals surface area contributed by atoms with Gasteiger partial charge in [-0.05, 0) is 34.9 Å². The molecule has 3 rings (SSSR count). The van der Waals surface area contributed by atoms with Crippen LogP contribution in [0, 0.1) is 5.92 Å². The van der Waals surface area contributed by atoms with E-state index in [1.807, 2.05) is 30.3 Å². The van der Waals surface area contributed by atoms with Crippen molar-refractivity contribution in [2.45, 2.75) is 44.5 Å². The van der Waals surface area contributed by atoms with Crippen molar-refractivity contribution >= 4 is 35.3 Å². The van der Waals surface area contributed by atoms with Crippen LogP contribution in [0.3, 0.4) is 0 Å². The van der Waals surface area contributed by atoms with Crippen LogP contribution in [0.2, 0.25) is 0 Å². The number of aliphatic carboxylic acids is 1. The molecular weight excluding hydrogens is 548 g/mol. The second-order valence-corrected chi connectivity index (χ2v) is 10.7. The van der Waals surface area contributed by atoms with Gasteiger partial charge in [-0.3, -0.25) is 19.2 Å². The number of carbonyl (C=O) groups excluding carboxylic acids is 3. The summed E-state index contributed by atoms with van der Waals surface area (Å²) >= 11 is 1.34. The SMILES string of the molecule is COc1ccc(-c2nnn(C)n2)cc1CC(=O)NC(C(=O)NC(CC(=O)O)C(=O)CSCc1ccccc1)C(C)C. The minimum Gasteiger partial charge on any atom is -0.496 e. The number of nitrogens with zero attached hydrogens (tertiary/aromatic N) is 4. The second kappa shape index (κ2) is 14.9. The summed E-state index contributed by atoms with van der Waals surface area (Å²) in [5.74, 6) is -1.60. The molecule has 0 saturated carbocycles. The number of nitrogens with one attached hydrogen (secondary N) is 2. The third kappa shape index (κ3) is 9.41. The van der Waals surface area contributed by atoms with Gasteiger partial charge in [-0.2, -0.15) is 4.80 Å². The van der Waals surface area contributed by atoms with Gasteiger partial charge >= 0.3 is 5.97 Å². The molecule has 12 nitrogen and oxygen atoms in total. The van der Waals surface area contributed by atoms with E-state index < -0.39 is 42.1 Å². The summed E-state index contributed by atoms with van der Waals surface area (Å²) in [6.07, 6.45) is -0.670. The summed E-state index contributed by atoms with van der Waals surface area (Å²) in [5.41, 5.74) is 2.22. The zero-order valence-electron chi connectivity index (χ0n) is 23.4. The fourth-order valence-corrected chi connectivity index (χ4v) is 4.95. The van der Waals surface area contributed by atoms with E-state index in [4.69, 9.17) is 4.74 Å². The lowest BCUT2D eigenvalue weighted by molar-refractivity contribution is -0.140. The number of tetrazole rings is 1. The number of ketones is 1. The number of carboxylic acids is 1. The number of carboxylic acid groups (broad SMARTS) is 1. The molecule has 2 amide bonds. The Morgan fingerprint density at radius 1 is 1.07 bits per heavy atom. The predicted octanol–water partition coefficient (Wildman–Crippen LogP) is 2.03. The Morgan fingerprint density at radius 2 is 1.80 bits per heavy atom. The molecule has 2 atom stereocenters. The van der Waals surface area contributed by atoms with Gasteiger partial charge in [-0.15, -0.1) is 22.0 Å². The van der Waals surface area contributed by atoms with Crippen molar-refractivity contribution in [3.63, 3.8) is 0 Å². The Balaban J connectivity index is 1.66. The van der Waals surface area contributed by atoms with Crippen molar-refractivity contribution in [2.75, 3.05) is 12.9 Å². The van der Waals surface area contributed by atoms with Crippen molar-refractivity contribution in [1.82, 2.24) is 30.8 Å². The maximum Gasteiger partial charge on any atom is 0.305 e. The van der Waals surface area contributed by atoms with Gasteiger partial charge < -0.3 is 20.5 Å². The highest BCUT2D eigenvalue weighted by atomic mass is 32.2. The molecule has 0 fully saturated rings. The van der Waals surface area contributed by atoms with Gasteiger partial charge in [-0.25, -0.2) is 0 Å². The van der Waals surface area contributed by atoms with Crippen LogP contribution in [-0.2, 0) is 38.4 Å². The van der Waals surface area contributed by atoms with Crippen LogP contribution >= 0.6 is 11.8 Å². The minimum absolute atomic E-state index is 0.0304. The molecule has 41 heavy (non-hydrogen) atoms. The van der Waals surface area contributed by atoms with E-state index in [9.17, 15) is 24.3 Å². The Kier molecular flexibility index (Phi) is 11.4. The zero-order valence-corrected chi connectivity index (χ0v) is 24.2. The summed E-state index contributed by atoms with van der Waals surface area (Å²) in [6.45, 7) is 3.49. The van der Waals surface area contributed by atoms with Gasteiger partial charge in [0.1, 0.15) is 11.8 Å². The Bertz CT molecular complexity index is 1360. The molecule has 2 aromatic carbocycles. The van der Waals surface area contributed by atoms with Gasteiger partial charge in [0.05, 0.1) is 38.8 Å². The highest BCUT2D eigenvalue weighted by Crippen LogP contribution is 2.25. The molecule has 0 aliphatic rings. The maximum atomic E-state index is 13.2. The lowest BCUT2D eigenvalue weighted by Crippen LogP contribution is -2.54. The van der Waals surface area contributed by atoms with E-state index in [2.05, 4.69) is 26.0 Å². The molecule has 0 saturated heterocycles. The van der Waals surface area contributed by atoms with Gasteiger partial charge in [-0.1, -0.05) is 44.2 Å². The smallest absolute Gasteiger partial charge is 0.305 e. The first-order valence-corrected chi connectivity index (χ1v) is 14.1. The Morgan fingerprint density at radius 3 is 2.41 bits per heavy atom. The topological polar surface area (TPSA) is 165 Å². The zero-order chi connectivity index (χ0) is 29.9. The molecule has 2 unspecified atom stereocenters. The summed E-state index contributed by atoms with van der Waals surface area (Å²) in [6, 6.07) is 12.5. The van der Waals surface area contributed by atoms with Crippen LogP contribution in [0.1, 0.15) is 31.4 Å². The Labute approximate surface area is 242 Å². The van der Waals surface area contributed by atoms with Crippen LogP contribution in [0.15, 0.2) is 48.5 Å². The van der Waals surface area contributed by atoms with Crippen molar-refractivity contribution in [2.24, 2.45) is 13.0 Å². The molecule has 3 N–H and O–H groups in total. The molecule has 1 heterocycles. The van der Waals surface area contributed by atoms with Crippen molar-refractivity contribution in [1.29, 1.82) is 0 Å². The van der Waals surface area contributed by atoms with E-state index in [1.165, 1.54) is 23.7 Å². The molecule has 13 heteroatoms. The molecule has 0 bridgehead atoms. The summed E-state index contributed by atoms with van der Waals surface area (Å²) in [5, 5.41) is 26.6. The van der Waals surface area contributed by atoms with Crippen LogP contribution in [0.25, 0.3) is 11.4 Å². The third-order valence-electron chi connectivity index (χ3n) is 6.10. The lowest BCUT2D eigenvalue weighted by atomic mass is 10.0. The molecular formula is C28H34N6O6S. The number of amides is 2. The average Bonchev–Trinajstić information content (AvgIpc) is 3.37. The lowest BCUT2D eigenvalue weighted by Gasteiger charge is -2.25. The van der Waals surface area contributed by atoms with Crippen molar-refractivity contribution < 1.29 is 29.0 Å². The highest BCUT2D eigenvalue weighted by Gasteiger charge is 2.30. The summed E-state index contributed by atoms with van der Waals surface area (Å²) in [4.78, 5) is 51.9. The van der Waals surface area contributed by atoms with Gasteiger partial charge in [0, 0.05) is 16.9 Å². The van der Waals surface area contributed by atoms with Crippen molar-refractivity contribution in [3.8, 4) is 17.1 Å². The standard InChI is InChI=1S/C28H34N6O6S/c1-17(2)26(28(39)29-21(14-25(37)38)22(35)16-41-15-18-8-6-5-7-9-18)30-24(36)13-20-12-19(10-11-23(20)40-4)27-31-33-34(3)32-27/h5-12,17,21,26H,13-16H2,1-4H3,(H,29,39)(H,30,36)(H,37,38). The minimum atomic E-state index is -1.22. The third-order valence-corrected chi connectivity index (χ3v) is 7.13.